The number of piperidine rings is 2. The van der Waals surface area contributed by atoms with Gasteiger partial charge in [-0.1, -0.05) is 12.1 Å². The maximum absolute atomic E-state index is 13.9. The van der Waals surface area contributed by atoms with E-state index in [9.17, 15) is 14.3 Å². The van der Waals surface area contributed by atoms with Crippen LogP contribution in [0.4, 0.5) is 10.1 Å². The average molecular weight is 379 g/mol. The number of anilines is 1. The van der Waals surface area contributed by atoms with Crippen LogP contribution in [0.1, 0.15) is 25.7 Å². The second-order valence-corrected chi connectivity index (χ2v) is 7.51. The quantitative estimate of drug-likeness (QED) is 0.750. The highest BCUT2D eigenvalue weighted by Crippen LogP contribution is 2.25. The van der Waals surface area contributed by atoms with Crippen molar-refractivity contribution in [3.63, 3.8) is 0 Å². The summed E-state index contributed by atoms with van der Waals surface area (Å²) in [4.78, 5) is 16.4. The van der Waals surface area contributed by atoms with Crippen LogP contribution >= 0.6 is 0 Å². The van der Waals surface area contributed by atoms with E-state index in [0.29, 0.717) is 31.8 Å². The van der Waals surface area contributed by atoms with Crippen LogP contribution in [-0.2, 0) is 9.53 Å². The zero-order chi connectivity index (χ0) is 19.3. The lowest BCUT2D eigenvalue weighted by Gasteiger charge is -2.40. The van der Waals surface area contributed by atoms with Crippen molar-refractivity contribution < 1.29 is 19.0 Å². The van der Waals surface area contributed by atoms with Gasteiger partial charge < -0.3 is 25.0 Å². The van der Waals surface area contributed by atoms with Gasteiger partial charge in [-0.05, 0) is 37.8 Å². The Morgan fingerprint density at radius 2 is 2.04 bits per heavy atom. The zero-order valence-corrected chi connectivity index (χ0v) is 16.0. The number of para-hydroxylation sites is 1. The molecular formula is C20H30FN3O3. The number of hydrogen-bond donors (Lipinski definition) is 2. The van der Waals surface area contributed by atoms with Gasteiger partial charge in [0.2, 0.25) is 0 Å². The summed E-state index contributed by atoms with van der Waals surface area (Å²) >= 11 is 0. The molecule has 3 rings (SSSR count). The zero-order valence-electron chi connectivity index (χ0n) is 16.0. The van der Waals surface area contributed by atoms with Gasteiger partial charge in [0.15, 0.2) is 5.60 Å². The molecule has 6 nitrogen and oxygen atoms in total. The minimum atomic E-state index is -1.34. The molecule has 0 radical (unpaired) electrons. The first-order valence-corrected chi connectivity index (χ1v) is 9.77. The molecule has 0 unspecified atom stereocenters. The summed E-state index contributed by atoms with van der Waals surface area (Å²) in [5, 5.41) is 14.2. The van der Waals surface area contributed by atoms with Crippen LogP contribution in [0, 0.1) is 5.82 Å². The largest absolute Gasteiger partial charge is 0.383 e. The summed E-state index contributed by atoms with van der Waals surface area (Å²) in [6.45, 7) is 3.43. The van der Waals surface area contributed by atoms with E-state index in [2.05, 4.69) is 10.2 Å². The Hall–Kier alpha value is -1.70. The lowest BCUT2D eigenvalue weighted by Crippen LogP contribution is -2.60. The number of benzene rings is 1. The summed E-state index contributed by atoms with van der Waals surface area (Å²) in [6, 6.07) is 7.06. The van der Waals surface area contributed by atoms with Gasteiger partial charge in [-0.2, -0.15) is 0 Å². The molecule has 2 fully saturated rings. The lowest BCUT2D eigenvalue weighted by atomic mass is 9.91. The van der Waals surface area contributed by atoms with Gasteiger partial charge in [-0.3, -0.25) is 4.79 Å². The minimum Gasteiger partial charge on any atom is -0.383 e. The minimum absolute atomic E-state index is 0.192. The topological polar surface area (TPSA) is 65.0 Å². The predicted molar refractivity (Wildman–Crippen MR) is 102 cm³/mol. The second-order valence-electron chi connectivity index (χ2n) is 7.51. The van der Waals surface area contributed by atoms with Crippen LogP contribution < -0.4 is 10.2 Å². The first-order chi connectivity index (χ1) is 13.0. The molecule has 2 saturated heterocycles. The molecule has 0 saturated carbocycles. The molecule has 2 N–H and O–H groups in total. The van der Waals surface area contributed by atoms with Crippen LogP contribution in [0.5, 0.6) is 0 Å². The summed E-state index contributed by atoms with van der Waals surface area (Å²) in [5.74, 6) is -0.399. The third-order valence-corrected chi connectivity index (χ3v) is 5.64. The van der Waals surface area contributed by atoms with Crippen molar-refractivity contribution in [2.45, 2.75) is 37.3 Å². The molecule has 27 heavy (non-hydrogen) atoms. The molecule has 150 valence electrons. The number of hydrogen-bond acceptors (Lipinski definition) is 5. The summed E-state index contributed by atoms with van der Waals surface area (Å²) in [5.41, 5.74) is -0.694. The van der Waals surface area contributed by atoms with E-state index in [1.807, 2.05) is 6.07 Å². The van der Waals surface area contributed by atoms with Gasteiger partial charge >= 0.3 is 0 Å². The van der Waals surface area contributed by atoms with Crippen molar-refractivity contribution in [3.05, 3.63) is 30.1 Å². The SMILES string of the molecule is COCCN1CCC[C@@](O)(CNC2CCN(c3ccccc3F)CC2)C1=O. The Balaban J connectivity index is 1.49. The maximum Gasteiger partial charge on any atom is 0.255 e. The van der Waals surface area contributed by atoms with Crippen molar-refractivity contribution in [1.82, 2.24) is 10.2 Å². The first kappa shape index (κ1) is 20.0. The van der Waals surface area contributed by atoms with Crippen molar-refractivity contribution in [1.29, 1.82) is 0 Å². The monoisotopic (exact) mass is 379 g/mol. The number of amides is 1. The molecule has 2 heterocycles. The van der Waals surface area contributed by atoms with E-state index < -0.39 is 5.60 Å². The Morgan fingerprint density at radius 3 is 2.74 bits per heavy atom. The van der Waals surface area contributed by atoms with Gasteiger partial charge in [-0.25, -0.2) is 4.39 Å². The molecule has 0 aromatic heterocycles. The van der Waals surface area contributed by atoms with Gasteiger partial charge in [0.25, 0.3) is 5.91 Å². The van der Waals surface area contributed by atoms with E-state index >= 15 is 0 Å². The van der Waals surface area contributed by atoms with Gasteiger partial charge in [0.1, 0.15) is 5.82 Å². The number of likely N-dealkylation sites (tertiary alicyclic amines) is 1. The normalized spacial score (nSPS) is 24.5. The molecule has 0 spiro atoms. The fraction of sp³-hybridized carbons (Fsp3) is 0.650. The number of carbonyl (C=O) groups excluding carboxylic acids is 1. The Kier molecular flexibility index (Phi) is 6.68. The molecule has 1 amide bonds. The number of nitrogens with one attached hydrogen (secondary N) is 1. The van der Waals surface area contributed by atoms with Crippen LogP contribution in [-0.4, -0.2) is 74.0 Å². The molecule has 1 aromatic carbocycles. The molecule has 2 aliphatic rings. The Morgan fingerprint density at radius 1 is 1.30 bits per heavy atom. The highest BCUT2D eigenvalue weighted by atomic mass is 19.1. The number of nitrogens with zero attached hydrogens (tertiary/aromatic N) is 2. The second kappa shape index (κ2) is 8.99. The number of rotatable bonds is 7. The number of halogens is 1. The molecule has 0 aliphatic carbocycles. The number of carbonyl (C=O) groups is 1. The van der Waals surface area contributed by atoms with Crippen molar-refractivity contribution in [3.8, 4) is 0 Å². The van der Waals surface area contributed by atoms with E-state index in [0.717, 1.165) is 32.4 Å². The number of methoxy groups -OCH3 is 1. The van der Waals surface area contributed by atoms with Crippen LogP contribution in [0.15, 0.2) is 24.3 Å². The summed E-state index contributed by atoms with van der Waals surface area (Å²) < 4.78 is 19.0. The van der Waals surface area contributed by atoms with Gasteiger partial charge in [0, 0.05) is 45.9 Å². The van der Waals surface area contributed by atoms with E-state index in [-0.39, 0.29) is 24.3 Å². The van der Waals surface area contributed by atoms with Crippen molar-refractivity contribution in [2.24, 2.45) is 0 Å². The molecule has 2 aliphatic heterocycles. The fourth-order valence-corrected chi connectivity index (χ4v) is 3.99. The third-order valence-electron chi connectivity index (χ3n) is 5.64. The van der Waals surface area contributed by atoms with E-state index in [1.54, 1.807) is 24.1 Å². The van der Waals surface area contributed by atoms with Gasteiger partial charge in [-0.15, -0.1) is 0 Å². The van der Waals surface area contributed by atoms with Crippen LogP contribution in [0.3, 0.4) is 0 Å². The van der Waals surface area contributed by atoms with E-state index in [1.165, 1.54) is 6.07 Å². The maximum atomic E-state index is 13.9. The fourth-order valence-electron chi connectivity index (χ4n) is 3.99. The Bertz CT molecular complexity index is 637. The first-order valence-electron chi connectivity index (χ1n) is 9.77. The Labute approximate surface area is 160 Å². The van der Waals surface area contributed by atoms with Gasteiger partial charge in [0.05, 0.1) is 12.3 Å². The molecular weight excluding hydrogens is 349 g/mol. The summed E-state index contributed by atoms with van der Waals surface area (Å²) in [7, 11) is 1.61. The predicted octanol–water partition coefficient (Wildman–Crippen LogP) is 1.38. The molecule has 1 aromatic rings. The molecule has 1 atom stereocenters. The average Bonchev–Trinajstić information content (AvgIpc) is 2.69. The van der Waals surface area contributed by atoms with Crippen LogP contribution in [0.25, 0.3) is 0 Å². The number of ether oxygens (including phenoxy) is 1. The van der Waals surface area contributed by atoms with E-state index in [4.69, 9.17) is 4.74 Å². The third kappa shape index (κ3) is 4.78. The van der Waals surface area contributed by atoms with Crippen molar-refractivity contribution in [2.75, 3.05) is 51.3 Å². The summed E-state index contributed by atoms with van der Waals surface area (Å²) in [6.07, 6.45) is 2.98. The highest BCUT2D eigenvalue weighted by molar-refractivity contribution is 5.86. The lowest BCUT2D eigenvalue weighted by molar-refractivity contribution is -0.157. The number of aliphatic hydroxyl groups is 1. The molecule has 7 heteroatoms. The van der Waals surface area contributed by atoms with Crippen LogP contribution in [0.2, 0.25) is 0 Å². The standard InChI is InChI=1S/C20H30FN3O3/c1-27-14-13-24-10-4-9-20(26,19(24)25)15-22-16-7-11-23(12-8-16)18-6-3-2-5-17(18)21/h2-3,5-6,16,22,26H,4,7-15H2,1H3/t20-/m1/s1. The smallest absolute Gasteiger partial charge is 0.255 e. The highest BCUT2D eigenvalue weighted by Gasteiger charge is 2.42. The molecule has 0 bridgehead atoms. The van der Waals surface area contributed by atoms with Crippen molar-refractivity contribution >= 4 is 11.6 Å².